The highest BCUT2D eigenvalue weighted by Gasteiger charge is 2.32. The maximum Gasteiger partial charge on any atom is 0.283 e. The molecule has 0 bridgehead atoms. The minimum Gasteiger partial charge on any atom is -0.288 e. The molecule has 1 N–H and O–H groups in total. The van der Waals surface area contributed by atoms with Crippen LogP contribution in [0.1, 0.15) is 20.7 Å². The molecule has 6 nitrogen and oxygen atoms in total. The Balaban J connectivity index is 2.74. The van der Waals surface area contributed by atoms with E-state index in [0.29, 0.717) is 0 Å². The molecule has 2 amide bonds. The number of nitrogens with zero attached hydrogens (tertiary/aromatic N) is 1. The lowest BCUT2D eigenvalue weighted by Crippen LogP contribution is -2.20. The fourth-order valence-corrected chi connectivity index (χ4v) is 2.26. The second-order valence-corrected chi connectivity index (χ2v) is 3.94. The van der Waals surface area contributed by atoms with Gasteiger partial charge < -0.3 is 0 Å². The zero-order valence-electron chi connectivity index (χ0n) is 7.11. The van der Waals surface area contributed by atoms with Crippen molar-refractivity contribution in [3.8, 4) is 0 Å². The average molecular weight is 318 g/mol. The van der Waals surface area contributed by atoms with Gasteiger partial charge in [-0.05, 0) is 28.7 Å². The fraction of sp³-hybridized carbons (Fsp3) is 0. The van der Waals surface area contributed by atoms with Crippen molar-refractivity contribution in [2.24, 2.45) is 0 Å². The van der Waals surface area contributed by atoms with E-state index >= 15 is 0 Å². The normalized spacial score (nSPS) is 13.7. The summed E-state index contributed by atoms with van der Waals surface area (Å²) >= 11 is 1.69. The first kappa shape index (κ1) is 10.0. The molecule has 0 unspecified atom stereocenters. The molecular formula is C8H3IN2O4. The molecule has 1 aliphatic heterocycles. The summed E-state index contributed by atoms with van der Waals surface area (Å²) in [6.45, 7) is 0. The van der Waals surface area contributed by atoms with Crippen molar-refractivity contribution in [2.75, 3.05) is 0 Å². The van der Waals surface area contributed by atoms with Crippen LogP contribution in [0.25, 0.3) is 0 Å². The number of imide groups is 1. The van der Waals surface area contributed by atoms with Gasteiger partial charge in [0.1, 0.15) is 3.57 Å². The number of rotatable bonds is 1. The first-order chi connectivity index (χ1) is 7.02. The van der Waals surface area contributed by atoms with Crippen LogP contribution in [0.2, 0.25) is 0 Å². The van der Waals surface area contributed by atoms with Crippen molar-refractivity contribution >= 4 is 40.1 Å². The fourth-order valence-electron chi connectivity index (χ4n) is 1.35. The zero-order chi connectivity index (χ0) is 11.2. The average Bonchev–Trinajstić information content (AvgIpc) is 2.43. The highest BCUT2D eigenvalue weighted by molar-refractivity contribution is 14.1. The molecule has 1 aromatic carbocycles. The minimum atomic E-state index is -0.585. The van der Waals surface area contributed by atoms with Crippen molar-refractivity contribution < 1.29 is 14.5 Å². The summed E-state index contributed by atoms with van der Waals surface area (Å²) in [6.07, 6.45) is 0. The summed E-state index contributed by atoms with van der Waals surface area (Å²) in [5.41, 5.74) is 0.115. The van der Waals surface area contributed by atoms with Gasteiger partial charge in [-0.25, -0.2) is 0 Å². The minimum absolute atomic E-state index is 0.0924. The van der Waals surface area contributed by atoms with Gasteiger partial charge in [0, 0.05) is 6.07 Å². The number of nitro groups is 1. The lowest BCUT2D eigenvalue weighted by molar-refractivity contribution is -0.385. The summed E-state index contributed by atoms with van der Waals surface area (Å²) in [5.74, 6) is -1.09. The predicted octanol–water partition coefficient (Wildman–Crippen LogP) is 1.08. The third kappa shape index (κ3) is 1.39. The second kappa shape index (κ2) is 3.26. The summed E-state index contributed by atoms with van der Waals surface area (Å²) in [7, 11) is 0. The summed E-state index contributed by atoms with van der Waals surface area (Å²) < 4.78 is 0.193. The lowest BCUT2D eigenvalue weighted by Gasteiger charge is -1.99. The molecule has 7 heteroatoms. The number of halogens is 1. The summed E-state index contributed by atoms with van der Waals surface area (Å²) in [6, 6.07) is 2.51. The van der Waals surface area contributed by atoms with E-state index in [4.69, 9.17) is 0 Å². The number of nitro benzene ring substituents is 1. The largest absolute Gasteiger partial charge is 0.288 e. The van der Waals surface area contributed by atoms with Crippen LogP contribution in [-0.4, -0.2) is 16.7 Å². The summed E-state index contributed by atoms with van der Waals surface area (Å²) in [5, 5.41) is 12.7. The number of hydrogen-bond acceptors (Lipinski definition) is 4. The topological polar surface area (TPSA) is 89.3 Å². The van der Waals surface area contributed by atoms with Gasteiger partial charge in [0.2, 0.25) is 0 Å². The number of nitrogens with one attached hydrogen (secondary N) is 1. The Kier molecular flexibility index (Phi) is 2.18. The van der Waals surface area contributed by atoms with Crippen molar-refractivity contribution in [3.63, 3.8) is 0 Å². The van der Waals surface area contributed by atoms with Crippen molar-refractivity contribution in [1.29, 1.82) is 0 Å². The Hall–Kier alpha value is -1.51. The second-order valence-electron chi connectivity index (χ2n) is 2.86. The van der Waals surface area contributed by atoms with Crippen LogP contribution < -0.4 is 5.32 Å². The number of amides is 2. The molecule has 0 aliphatic carbocycles. The number of carbonyl (C=O) groups is 2. The van der Waals surface area contributed by atoms with Gasteiger partial charge in [-0.2, -0.15) is 0 Å². The van der Waals surface area contributed by atoms with Gasteiger partial charge in [-0.3, -0.25) is 25.0 Å². The molecule has 15 heavy (non-hydrogen) atoms. The molecule has 2 rings (SSSR count). The van der Waals surface area contributed by atoms with Crippen molar-refractivity contribution in [2.45, 2.75) is 0 Å². The molecular weight excluding hydrogens is 315 g/mol. The van der Waals surface area contributed by atoms with Gasteiger partial charge in [-0.1, -0.05) is 0 Å². The number of carbonyl (C=O) groups excluding carboxylic acids is 2. The Labute approximate surface area is 96.9 Å². The van der Waals surface area contributed by atoms with Gasteiger partial charge in [0.25, 0.3) is 17.5 Å². The predicted molar refractivity (Wildman–Crippen MR) is 57.6 cm³/mol. The van der Waals surface area contributed by atoms with Gasteiger partial charge in [0.05, 0.1) is 16.1 Å². The smallest absolute Gasteiger partial charge is 0.283 e. The van der Waals surface area contributed by atoms with E-state index in [2.05, 4.69) is 5.32 Å². The first-order valence-electron chi connectivity index (χ1n) is 3.85. The molecule has 76 valence electrons. The highest BCUT2D eigenvalue weighted by atomic mass is 127. The first-order valence-corrected chi connectivity index (χ1v) is 4.93. The van der Waals surface area contributed by atoms with Crippen LogP contribution in [0.15, 0.2) is 12.1 Å². The SMILES string of the molecule is O=C1NC(=O)c2c1ccc([N+](=O)[O-])c2I. The van der Waals surface area contributed by atoms with E-state index < -0.39 is 16.7 Å². The Morgan fingerprint density at radius 3 is 2.53 bits per heavy atom. The Morgan fingerprint density at radius 1 is 1.27 bits per heavy atom. The monoisotopic (exact) mass is 318 g/mol. The van der Waals surface area contributed by atoms with Crippen molar-refractivity contribution in [1.82, 2.24) is 5.32 Å². The molecule has 1 heterocycles. The van der Waals surface area contributed by atoms with E-state index in [1.165, 1.54) is 12.1 Å². The molecule has 1 aliphatic rings. The Bertz CT molecular complexity index is 512. The molecule has 1 aromatic rings. The van der Waals surface area contributed by atoms with E-state index in [1.807, 2.05) is 0 Å². The molecule has 0 saturated heterocycles. The van der Waals surface area contributed by atoms with Gasteiger partial charge >= 0.3 is 0 Å². The van der Waals surface area contributed by atoms with E-state index in [9.17, 15) is 19.7 Å². The molecule has 0 fully saturated rings. The highest BCUT2D eigenvalue weighted by Crippen LogP contribution is 2.29. The summed E-state index contributed by atoms with van der Waals surface area (Å²) in [4.78, 5) is 32.5. The van der Waals surface area contributed by atoms with E-state index in [0.717, 1.165) is 0 Å². The third-order valence-electron chi connectivity index (χ3n) is 2.02. The number of benzene rings is 1. The van der Waals surface area contributed by atoms with Crippen LogP contribution >= 0.6 is 22.6 Å². The molecule has 0 spiro atoms. The maximum atomic E-state index is 11.3. The van der Waals surface area contributed by atoms with Crippen LogP contribution in [0.5, 0.6) is 0 Å². The quantitative estimate of drug-likeness (QED) is 0.363. The molecule has 0 aromatic heterocycles. The van der Waals surface area contributed by atoms with Crippen LogP contribution in [0.3, 0.4) is 0 Å². The van der Waals surface area contributed by atoms with E-state index in [-0.39, 0.29) is 20.4 Å². The number of hydrogen-bond donors (Lipinski definition) is 1. The van der Waals surface area contributed by atoms with Crippen LogP contribution in [0.4, 0.5) is 5.69 Å². The maximum absolute atomic E-state index is 11.3. The third-order valence-corrected chi connectivity index (χ3v) is 3.11. The molecule has 0 atom stereocenters. The van der Waals surface area contributed by atoms with Crippen molar-refractivity contribution in [3.05, 3.63) is 36.9 Å². The number of fused-ring (bicyclic) bond motifs is 1. The van der Waals surface area contributed by atoms with E-state index in [1.54, 1.807) is 22.6 Å². The standard InChI is InChI=1S/C8H3IN2O4/c9-6-4(11(14)15)2-1-3-5(6)8(13)10-7(3)12/h1-2H,(H,10,12,13). The lowest BCUT2D eigenvalue weighted by atomic mass is 10.1. The van der Waals surface area contributed by atoms with Gasteiger partial charge in [0.15, 0.2) is 0 Å². The zero-order valence-corrected chi connectivity index (χ0v) is 9.27. The molecule has 0 radical (unpaired) electrons. The molecule has 0 saturated carbocycles. The van der Waals surface area contributed by atoms with Crippen LogP contribution in [0, 0.1) is 13.7 Å². The Morgan fingerprint density at radius 2 is 1.93 bits per heavy atom. The van der Waals surface area contributed by atoms with Gasteiger partial charge in [-0.15, -0.1) is 0 Å². The van der Waals surface area contributed by atoms with Crippen LogP contribution in [-0.2, 0) is 0 Å².